The highest BCUT2D eigenvalue weighted by Crippen LogP contribution is 2.15. The second-order valence-corrected chi connectivity index (χ2v) is 5.90. The summed E-state index contributed by atoms with van der Waals surface area (Å²) < 4.78 is 11.0. The van der Waals surface area contributed by atoms with E-state index in [2.05, 4.69) is 12.2 Å². The molecule has 2 rings (SSSR count). The third-order valence-corrected chi connectivity index (χ3v) is 4.15. The van der Waals surface area contributed by atoms with Crippen LogP contribution >= 0.6 is 0 Å². The Morgan fingerprint density at radius 1 is 0.960 bits per heavy atom. The van der Waals surface area contributed by atoms with Gasteiger partial charge in [0.1, 0.15) is 11.5 Å². The van der Waals surface area contributed by atoms with Crippen LogP contribution in [0.25, 0.3) is 0 Å². The molecule has 1 atom stereocenters. The highest BCUT2D eigenvalue weighted by atomic mass is 16.5. The fourth-order valence-corrected chi connectivity index (χ4v) is 2.53. The Labute approximate surface area is 150 Å². The number of nitrogens with one attached hydrogen (secondary N) is 1. The number of methoxy groups -OCH3 is 1. The van der Waals surface area contributed by atoms with Crippen LogP contribution in [0.15, 0.2) is 48.5 Å². The van der Waals surface area contributed by atoms with Gasteiger partial charge in [-0.25, -0.2) is 0 Å². The summed E-state index contributed by atoms with van der Waals surface area (Å²) in [6.07, 6.45) is 1.92. The summed E-state index contributed by atoms with van der Waals surface area (Å²) in [4.78, 5) is 12.3. The number of rotatable bonds is 9. The number of hydrogen-bond donors (Lipinski definition) is 1. The number of amides is 1. The van der Waals surface area contributed by atoms with Gasteiger partial charge >= 0.3 is 0 Å². The van der Waals surface area contributed by atoms with Crippen LogP contribution in [0.1, 0.15) is 31.4 Å². The van der Waals surface area contributed by atoms with E-state index in [4.69, 9.17) is 9.47 Å². The van der Waals surface area contributed by atoms with Crippen molar-refractivity contribution in [3.63, 3.8) is 0 Å². The van der Waals surface area contributed by atoms with Crippen LogP contribution in [-0.4, -0.2) is 25.7 Å². The van der Waals surface area contributed by atoms with Gasteiger partial charge in [-0.1, -0.05) is 38.1 Å². The van der Waals surface area contributed by atoms with Crippen LogP contribution in [0.4, 0.5) is 0 Å². The lowest BCUT2D eigenvalue weighted by molar-refractivity contribution is -0.128. The van der Waals surface area contributed by atoms with Crippen molar-refractivity contribution in [2.75, 3.05) is 13.7 Å². The highest BCUT2D eigenvalue weighted by Gasteiger charge is 2.17. The maximum Gasteiger partial charge on any atom is 0.261 e. The molecule has 0 radical (unpaired) electrons. The Balaban J connectivity index is 1.81. The minimum absolute atomic E-state index is 0.0735. The number of aryl methyl sites for hydroxylation is 1. The Morgan fingerprint density at radius 3 is 2.12 bits per heavy atom. The monoisotopic (exact) mass is 341 g/mol. The molecule has 0 aromatic heterocycles. The SMILES string of the molecule is CCc1ccc(O[C@@H](CC)C(=O)NCCc2ccc(OC)cc2)cc1. The molecular weight excluding hydrogens is 314 g/mol. The molecule has 0 fully saturated rings. The largest absolute Gasteiger partial charge is 0.497 e. The van der Waals surface area contributed by atoms with Gasteiger partial charge in [-0.05, 0) is 54.7 Å². The molecule has 0 aliphatic rings. The summed E-state index contributed by atoms with van der Waals surface area (Å²) in [6.45, 7) is 4.65. The van der Waals surface area contributed by atoms with Crippen LogP contribution in [0, 0.1) is 0 Å². The molecule has 25 heavy (non-hydrogen) atoms. The van der Waals surface area contributed by atoms with E-state index in [0.717, 1.165) is 29.9 Å². The first-order chi connectivity index (χ1) is 12.2. The topological polar surface area (TPSA) is 47.6 Å². The van der Waals surface area contributed by atoms with E-state index in [1.165, 1.54) is 5.56 Å². The normalized spacial score (nSPS) is 11.6. The van der Waals surface area contributed by atoms with Crippen molar-refractivity contribution < 1.29 is 14.3 Å². The summed E-state index contributed by atoms with van der Waals surface area (Å²) in [5, 5.41) is 2.96. The van der Waals surface area contributed by atoms with Gasteiger partial charge in [-0.3, -0.25) is 4.79 Å². The van der Waals surface area contributed by atoms with Crippen molar-refractivity contribution in [2.24, 2.45) is 0 Å². The molecule has 0 saturated carbocycles. The van der Waals surface area contributed by atoms with Crippen LogP contribution in [0.2, 0.25) is 0 Å². The second kappa shape index (κ2) is 9.72. The third-order valence-electron chi connectivity index (χ3n) is 4.15. The van der Waals surface area contributed by atoms with Crippen molar-refractivity contribution in [3.8, 4) is 11.5 Å². The lowest BCUT2D eigenvalue weighted by Crippen LogP contribution is -2.38. The van der Waals surface area contributed by atoms with Crippen molar-refractivity contribution >= 4 is 5.91 Å². The van der Waals surface area contributed by atoms with Gasteiger partial charge in [0.15, 0.2) is 6.10 Å². The fraction of sp³-hybridized carbons (Fsp3) is 0.381. The van der Waals surface area contributed by atoms with Gasteiger partial charge in [0.2, 0.25) is 0 Å². The molecule has 134 valence electrons. The van der Waals surface area contributed by atoms with Gasteiger partial charge in [0.05, 0.1) is 7.11 Å². The Hall–Kier alpha value is -2.49. The Bertz CT molecular complexity index is 650. The summed E-state index contributed by atoms with van der Waals surface area (Å²) in [5.41, 5.74) is 2.41. The molecule has 1 amide bonds. The van der Waals surface area contributed by atoms with Crippen molar-refractivity contribution in [1.29, 1.82) is 0 Å². The number of carbonyl (C=O) groups excluding carboxylic acids is 1. The zero-order valence-corrected chi connectivity index (χ0v) is 15.2. The number of hydrogen-bond acceptors (Lipinski definition) is 3. The maximum atomic E-state index is 12.3. The minimum Gasteiger partial charge on any atom is -0.497 e. The molecular formula is C21H27NO3. The highest BCUT2D eigenvalue weighted by molar-refractivity contribution is 5.81. The van der Waals surface area contributed by atoms with Gasteiger partial charge in [0.25, 0.3) is 5.91 Å². The first-order valence-electron chi connectivity index (χ1n) is 8.82. The molecule has 4 heteroatoms. The standard InChI is InChI=1S/C21H27NO3/c1-4-16-6-12-19(13-7-16)25-20(5-2)21(23)22-15-14-17-8-10-18(24-3)11-9-17/h6-13,20H,4-5,14-15H2,1-3H3,(H,22,23)/t20-/m0/s1. The predicted octanol–water partition coefficient (Wildman–Crippen LogP) is 3.77. The van der Waals surface area contributed by atoms with E-state index in [9.17, 15) is 4.79 Å². The Morgan fingerprint density at radius 2 is 1.56 bits per heavy atom. The van der Waals surface area contributed by atoms with Gasteiger partial charge in [-0.15, -0.1) is 0 Å². The van der Waals surface area contributed by atoms with E-state index in [0.29, 0.717) is 13.0 Å². The molecule has 0 aliphatic carbocycles. The molecule has 2 aromatic carbocycles. The first kappa shape index (κ1) is 18.8. The predicted molar refractivity (Wildman–Crippen MR) is 100 cm³/mol. The maximum absolute atomic E-state index is 12.3. The van der Waals surface area contributed by atoms with Crippen LogP contribution in [0.5, 0.6) is 11.5 Å². The average Bonchev–Trinajstić information content (AvgIpc) is 2.67. The van der Waals surface area contributed by atoms with Crippen molar-refractivity contribution in [2.45, 2.75) is 39.2 Å². The fourth-order valence-electron chi connectivity index (χ4n) is 2.53. The lowest BCUT2D eigenvalue weighted by Gasteiger charge is -2.17. The zero-order valence-electron chi connectivity index (χ0n) is 15.2. The average molecular weight is 341 g/mol. The minimum atomic E-state index is -0.469. The zero-order chi connectivity index (χ0) is 18.1. The molecule has 0 bridgehead atoms. The third kappa shape index (κ3) is 5.82. The van der Waals surface area contributed by atoms with Crippen LogP contribution in [0.3, 0.4) is 0 Å². The van der Waals surface area contributed by atoms with Crippen LogP contribution in [-0.2, 0) is 17.6 Å². The summed E-state index contributed by atoms with van der Waals surface area (Å²) in [5.74, 6) is 1.49. The van der Waals surface area contributed by atoms with Gasteiger partial charge in [-0.2, -0.15) is 0 Å². The molecule has 0 saturated heterocycles. The van der Waals surface area contributed by atoms with Gasteiger partial charge < -0.3 is 14.8 Å². The van der Waals surface area contributed by atoms with E-state index < -0.39 is 6.10 Å². The molecule has 0 heterocycles. The summed E-state index contributed by atoms with van der Waals surface area (Å²) in [6, 6.07) is 15.8. The molecule has 2 aromatic rings. The first-order valence-corrected chi connectivity index (χ1v) is 8.82. The molecule has 4 nitrogen and oxygen atoms in total. The van der Waals surface area contributed by atoms with Crippen molar-refractivity contribution in [3.05, 3.63) is 59.7 Å². The Kier molecular flexibility index (Phi) is 7.33. The van der Waals surface area contributed by atoms with E-state index in [1.54, 1.807) is 7.11 Å². The van der Waals surface area contributed by atoms with Crippen LogP contribution < -0.4 is 14.8 Å². The summed E-state index contributed by atoms with van der Waals surface area (Å²) >= 11 is 0. The molecule has 0 spiro atoms. The number of carbonyl (C=O) groups is 1. The van der Waals surface area contributed by atoms with Gasteiger partial charge in [0, 0.05) is 6.54 Å². The number of ether oxygens (including phenoxy) is 2. The second-order valence-electron chi connectivity index (χ2n) is 5.90. The van der Waals surface area contributed by atoms with E-state index in [-0.39, 0.29) is 5.91 Å². The molecule has 0 unspecified atom stereocenters. The van der Waals surface area contributed by atoms with E-state index in [1.807, 2.05) is 55.5 Å². The smallest absolute Gasteiger partial charge is 0.261 e. The van der Waals surface area contributed by atoms with Crippen molar-refractivity contribution in [1.82, 2.24) is 5.32 Å². The summed E-state index contributed by atoms with van der Waals surface area (Å²) in [7, 11) is 1.65. The lowest BCUT2D eigenvalue weighted by atomic mass is 10.1. The quantitative estimate of drug-likeness (QED) is 0.755. The molecule has 0 aliphatic heterocycles. The number of benzene rings is 2. The molecule has 1 N–H and O–H groups in total. The van der Waals surface area contributed by atoms with E-state index >= 15 is 0 Å².